The molecule has 13 heavy (non-hydrogen) atoms. The first kappa shape index (κ1) is 10.3. The first-order valence-corrected chi connectivity index (χ1v) is 4.33. The van der Waals surface area contributed by atoms with Gasteiger partial charge >= 0.3 is 0 Å². The zero-order chi connectivity index (χ0) is 10.0. The lowest BCUT2D eigenvalue weighted by atomic mass is 10.2. The topological polar surface area (TPSA) is 56.0 Å². The molecule has 0 aliphatic rings. The van der Waals surface area contributed by atoms with Crippen molar-refractivity contribution < 1.29 is 13.6 Å². The molecule has 2 N–H and O–H groups in total. The molecule has 0 aromatic carbocycles. The van der Waals surface area contributed by atoms with Gasteiger partial charge in [0.25, 0.3) is 6.43 Å². The van der Waals surface area contributed by atoms with Crippen molar-refractivity contribution in [1.82, 2.24) is 4.98 Å². The maximum atomic E-state index is 12.2. The number of pyridine rings is 1. The molecule has 1 aromatic rings. The third-order valence-corrected chi connectivity index (χ3v) is 2.32. The molecule has 3 nitrogen and oxygen atoms in total. The fourth-order valence-electron chi connectivity index (χ4n) is 0.826. The number of rotatable bonds is 2. The van der Waals surface area contributed by atoms with E-state index >= 15 is 0 Å². The van der Waals surface area contributed by atoms with Crippen molar-refractivity contribution in [3.05, 3.63) is 21.0 Å². The lowest BCUT2D eigenvalue weighted by Gasteiger charge is -2.06. The van der Waals surface area contributed by atoms with Crippen molar-refractivity contribution in [2.75, 3.05) is 5.73 Å². The van der Waals surface area contributed by atoms with Gasteiger partial charge in [0.05, 0.1) is 11.3 Å². The number of carbonyl (C=O) groups is 1. The van der Waals surface area contributed by atoms with Crippen molar-refractivity contribution in [2.45, 2.75) is 6.43 Å². The molecule has 0 aliphatic carbocycles. The van der Waals surface area contributed by atoms with Crippen LogP contribution in [0.5, 0.6) is 0 Å². The fourth-order valence-corrected chi connectivity index (χ4v) is 1.38. The first-order chi connectivity index (χ1) is 6.07. The number of aromatic nitrogens is 1. The number of nitrogens with two attached hydrogens (primary N) is 1. The summed E-state index contributed by atoms with van der Waals surface area (Å²) >= 11 is 1.81. The molecule has 0 atom stereocenters. The Bertz CT molecular complexity index is 344. The highest BCUT2D eigenvalue weighted by Gasteiger charge is 2.17. The van der Waals surface area contributed by atoms with Crippen molar-refractivity contribution in [3.8, 4) is 0 Å². The van der Waals surface area contributed by atoms with Crippen LogP contribution < -0.4 is 5.73 Å². The summed E-state index contributed by atoms with van der Waals surface area (Å²) in [6, 6.07) is 0. The summed E-state index contributed by atoms with van der Waals surface area (Å²) in [7, 11) is 0. The number of carbonyl (C=O) groups excluding carboxylic acids is 1. The van der Waals surface area contributed by atoms with Gasteiger partial charge in [-0.15, -0.1) is 0 Å². The Labute approximate surface area is 86.5 Å². The van der Waals surface area contributed by atoms with E-state index in [1.54, 1.807) is 0 Å². The summed E-state index contributed by atoms with van der Waals surface area (Å²) in [5.41, 5.74) is 4.61. The molecular formula is C7H5F2IN2O. The van der Waals surface area contributed by atoms with Crippen LogP contribution >= 0.6 is 22.6 Å². The Hall–Kier alpha value is -0.790. The average molecular weight is 298 g/mol. The predicted molar refractivity (Wildman–Crippen MR) is 51.7 cm³/mol. The molecule has 1 aromatic heterocycles. The van der Waals surface area contributed by atoms with E-state index in [9.17, 15) is 13.6 Å². The molecule has 0 fully saturated rings. The number of alkyl halides is 2. The van der Waals surface area contributed by atoms with Crippen LogP contribution in [0.15, 0.2) is 6.20 Å². The van der Waals surface area contributed by atoms with Crippen LogP contribution in [-0.2, 0) is 0 Å². The highest BCUT2D eigenvalue weighted by molar-refractivity contribution is 14.1. The van der Waals surface area contributed by atoms with E-state index in [1.165, 1.54) is 6.20 Å². The van der Waals surface area contributed by atoms with Crippen molar-refractivity contribution >= 4 is 34.6 Å². The molecule has 70 valence electrons. The third kappa shape index (κ3) is 1.93. The van der Waals surface area contributed by atoms with Crippen molar-refractivity contribution in [2.24, 2.45) is 0 Å². The molecule has 0 aliphatic heterocycles. The summed E-state index contributed by atoms with van der Waals surface area (Å²) in [4.78, 5) is 13.9. The normalized spacial score (nSPS) is 10.5. The average Bonchev–Trinajstić information content (AvgIpc) is 2.04. The van der Waals surface area contributed by atoms with E-state index in [1.807, 2.05) is 22.6 Å². The maximum absolute atomic E-state index is 12.2. The predicted octanol–water partition coefficient (Wildman–Crippen LogP) is 2.02. The van der Waals surface area contributed by atoms with Crippen LogP contribution in [0.4, 0.5) is 14.5 Å². The lowest BCUT2D eigenvalue weighted by Crippen LogP contribution is -2.04. The maximum Gasteiger partial charge on any atom is 0.282 e. The van der Waals surface area contributed by atoms with Gasteiger partial charge in [-0.25, -0.2) is 8.78 Å². The van der Waals surface area contributed by atoms with Crippen LogP contribution in [0.25, 0.3) is 0 Å². The molecule has 0 saturated carbocycles. The van der Waals surface area contributed by atoms with E-state index in [-0.39, 0.29) is 11.3 Å². The molecule has 1 rings (SSSR count). The van der Waals surface area contributed by atoms with E-state index in [0.717, 1.165) is 0 Å². The molecule has 0 spiro atoms. The van der Waals surface area contributed by atoms with Gasteiger partial charge in [0.2, 0.25) is 0 Å². The van der Waals surface area contributed by atoms with E-state index < -0.39 is 12.1 Å². The second-order valence-corrected chi connectivity index (χ2v) is 3.40. The highest BCUT2D eigenvalue weighted by Crippen LogP contribution is 2.26. The van der Waals surface area contributed by atoms with Gasteiger partial charge in [-0.2, -0.15) is 0 Å². The number of hydrogen-bond donors (Lipinski definition) is 1. The van der Waals surface area contributed by atoms with Gasteiger partial charge in [-0.05, 0) is 22.6 Å². The lowest BCUT2D eigenvalue weighted by molar-refractivity contribution is 0.112. The van der Waals surface area contributed by atoms with Gasteiger partial charge in [0, 0.05) is 9.77 Å². The Morgan fingerprint density at radius 1 is 1.62 bits per heavy atom. The van der Waals surface area contributed by atoms with Crippen LogP contribution in [0.2, 0.25) is 0 Å². The zero-order valence-electron chi connectivity index (χ0n) is 6.30. The smallest absolute Gasteiger partial charge is 0.282 e. The Balaban J connectivity index is 3.35. The second kappa shape index (κ2) is 3.95. The Kier molecular flexibility index (Phi) is 3.12. The minimum Gasteiger partial charge on any atom is -0.396 e. The Morgan fingerprint density at radius 3 is 2.69 bits per heavy atom. The molecule has 0 amide bonds. The zero-order valence-corrected chi connectivity index (χ0v) is 8.46. The van der Waals surface area contributed by atoms with Crippen molar-refractivity contribution in [1.29, 1.82) is 0 Å². The number of aldehydes is 1. The Morgan fingerprint density at radius 2 is 2.23 bits per heavy atom. The van der Waals surface area contributed by atoms with Crippen LogP contribution in [0, 0.1) is 3.57 Å². The molecule has 0 radical (unpaired) electrons. The second-order valence-electron chi connectivity index (χ2n) is 2.24. The standard InChI is InChI=1S/C7H5F2IN2O/c8-7(9)6-5(11)3(2-13)4(10)1-12-6/h1-2,7H,11H2. The van der Waals surface area contributed by atoms with Gasteiger partial charge in [0.1, 0.15) is 5.69 Å². The fraction of sp³-hybridized carbons (Fsp3) is 0.143. The summed E-state index contributed by atoms with van der Waals surface area (Å²) in [6.07, 6.45) is -1.11. The van der Waals surface area contributed by atoms with Gasteiger partial charge in [0.15, 0.2) is 6.29 Å². The number of nitrogen functional groups attached to an aromatic ring is 1. The minimum atomic E-state index is -2.75. The molecule has 6 heteroatoms. The molecule has 0 saturated heterocycles. The summed E-state index contributed by atoms with van der Waals surface area (Å²) < 4.78 is 24.9. The van der Waals surface area contributed by atoms with Crippen LogP contribution in [0.1, 0.15) is 22.5 Å². The number of anilines is 1. The summed E-state index contributed by atoms with van der Waals surface area (Å²) in [5.74, 6) is 0. The van der Waals surface area contributed by atoms with Gasteiger partial charge < -0.3 is 5.73 Å². The van der Waals surface area contributed by atoms with Crippen LogP contribution in [-0.4, -0.2) is 11.3 Å². The molecule has 0 bridgehead atoms. The molecular weight excluding hydrogens is 293 g/mol. The molecule has 1 heterocycles. The van der Waals surface area contributed by atoms with E-state index in [0.29, 0.717) is 9.86 Å². The van der Waals surface area contributed by atoms with Gasteiger partial charge in [-0.1, -0.05) is 0 Å². The summed E-state index contributed by atoms with van der Waals surface area (Å²) in [5, 5.41) is 0. The monoisotopic (exact) mass is 298 g/mol. The number of hydrogen-bond acceptors (Lipinski definition) is 3. The summed E-state index contributed by atoms with van der Waals surface area (Å²) in [6.45, 7) is 0. The van der Waals surface area contributed by atoms with Gasteiger partial charge in [-0.3, -0.25) is 9.78 Å². The minimum absolute atomic E-state index is 0.0749. The van der Waals surface area contributed by atoms with E-state index in [2.05, 4.69) is 4.98 Å². The number of halogens is 3. The van der Waals surface area contributed by atoms with Crippen molar-refractivity contribution in [3.63, 3.8) is 0 Å². The van der Waals surface area contributed by atoms with E-state index in [4.69, 9.17) is 5.73 Å². The highest BCUT2D eigenvalue weighted by atomic mass is 127. The quantitative estimate of drug-likeness (QED) is 0.671. The van der Waals surface area contributed by atoms with Crippen LogP contribution in [0.3, 0.4) is 0 Å². The molecule has 0 unspecified atom stereocenters. The largest absolute Gasteiger partial charge is 0.396 e. The SMILES string of the molecule is Nc1c(C(F)F)ncc(I)c1C=O. The first-order valence-electron chi connectivity index (χ1n) is 3.25. The number of nitrogens with zero attached hydrogens (tertiary/aromatic N) is 1. The third-order valence-electron chi connectivity index (χ3n) is 1.46.